The maximum atomic E-state index is 13.0. The van der Waals surface area contributed by atoms with Crippen molar-refractivity contribution in [1.82, 2.24) is 18.2 Å². The second-order valence-corrected chi connectivity index (χ2v) is 11.8. The van der Waals surface area contributed by atoms with Crippen molar-refractivity contribution < 1.29 is 21.6 Å². The first-order chi connectivity index (χ1) is 14.0. The Morgan fingerprint density at radius 1 is 0.967 bits per heavy atom. The van der Waals surface area contributed by atoms with Gasteiger partial charge in [0.1, 0.15) is 0 Å². The Morgan fingerprint density at radius 3 is 2.10 bits per heavy atom. The summed E-state index contributed by atoms with van der Waals surface area (Å²) in [5, 5.41) is 0.149. The van der Waals surface area contributed by atoms with Gasteiger partial charge in [0.15, 0.2) is 0 Å². The molecule has 0 saturated carbocycles. The van der Waals surface area contributed by atoms with E-state index < -0.39 is 26.1 Å². The van der Waals surface area contributed by atoms with Crippen molar-refractivity contribution in [3.63, 3.8) is 0 Å². The van der Waals surface area contributed by atoms with E-state index in [1.807, 2.05) is 0 Å². The molecule has 12 heteroatoms. The van der Waals surface area contributed by atoms with E-state index in [4.69, 9.17) is 11.6 Å². The second-order valence-electron chi connectivity index (χ2n) is 7.72. The van der Waals surface area contributed by atoms with E-state index in [9.17, 15) is 21.6 Å². The van der Waals surface area contributed by atoms with Crippen LogP contribution in [0.4, 0.5) is 0 Å². The number of carbonyl (C=O) groups excluding carboxylic acids is 1. The molecular formula is C18H27ClN4O5S2. The van der Waals surface area contributed by atoms with Gasteiger partial charge in [-0.15, -0.1) is 0 Å². The Hall–Kier alpha value is -1.24. The molecule has 168 valence electrons. The molecule has 2 fully saturated rings. The van der Waals surface area contributed by atoms with Gasteiger partial charge >= 0.3 is 0 Å². The molecule has 0 atom stereocenters. The van der Waals surface area contributed by atoms with Crippen LogP contribution in [0.5, 0.6) is 0 Å². The van der Waals surface area contributed by atoms with Crippen molar-refractivity contribution in [2.24, 2.45) is 0 Å². The van der Waals surface area contributed by atoms with Gasteiger partial charge in [0.05, 0.1) is 15.5 Å². The lowest BCUT2D eigenvalue weighted by atomic mass is 10.2. The first kappa shape index (κ1) is 23.4. The van der Waals surface area contributed by atoms with Gasteiger partial charge in [-0.3, -0.25) is 4.79 Å². The van der Waals surface area contributed by atoms with Crippen LogP contribution in [-0.2, 0) is 20.2 Å². The number of rotatable bonds is 6. The number of amides is 1. The maximum Gasteiger partial charge on any atom is 0.282 e. The number of halogens is 1. The molecule has 0 spiro atoms. The second kappa shape index (κ2) is 9.09. The number of benzene rings is 1. The van der Waals surface area contributed by atoms with E-state index in [1.54, 1.807) is 13.8 Å². The van der Waals surface area contributed by atoms with Gasteiger partial charge < -0.3 is 4.90 Å². The minimum Gasteiger partial charge on any atom is -0.336 e. The number of nitrogens with one attached hydrogen (secondary N) is 1. The third kappa shape index (κ3) is 4.97. The van der Waals surface area contributed by atoms with Gasteiger partial charge in [-0.1, -0.05) is 11.6 Å². The normalized spacial score (nSPS) is 19.5. The van der Waals surface area contributed by atoms with Crippen molar-refractivity contribution in [1.29, 1.82) is 0 Å². The van der Waals surface area contributed by atoms with Crippen LogP contribution >= 0.6 is 11.6 Å². The minimum absolute atomic E-state index is 0.0424. The fraction of sp³-hybridized carbons (Fsp3) is 0.611. The molecule has 1 amide bonds. The van der Waals surface area contributed by atoms with Gasteiger partial charge in [0.25, 0.3) is 16.1 Å². The molecule has 0 radical (unpaired) electrons. The predicted molar refractivity (Wildman–Crippen MR) is 114 cm³/mol. The molecule has 0 aliphatic carbocycles. The Balaban J connectivity index is 1.73. The molecule has 1 aromatic carbocycles. The quantitative estimate of drug-likeness (QED) is 0.659. The van der Waals surface area contributed by atoms with E-state index in [2.05, 4.69) is 4.72 Å². The SMILES string of the molecule is CC(C)NS(=O)(=O)c1ccc(Cl)c(C(=O)N2CCN(S(=O)(=O)N3CCCC3)CC2)c1. The van der Waals surface area contributed by atoms with Gasteiger partial charge in [-0.05, 0) is 44.9 Å². The van der Waals surface area contributed by atoms with Crippen LogP contribution in [0, 0.1) is 0 Å². The summed E-state index contributed by atoms with van der Waals surface area (Å²) in [5.41, 5.74) is 0.0825. The molecule has 30 heavy (non-hydrogen) atoms. The molecule has 2 aliphatic rings. The molecule has 9 nitrogen and oxygen atoms in total. The van der Waals surface area contributed by atoms with Crippen LogP contribution in [0.3, 0.4) is 0 Å². The van der Waals surface area contributed by atoms with Crippen molar-refractivity contribution in [2.75, 3.05) is 39.3 Å². The fourth-order valence-corrected chi connectivity index (χ4v) is 6.73. The van der Waals surface area contributed by atoms with Crippen LogP contribution in [-0.4, -0.2) is 81.6 Å². The molecular weight excluding hydrogens is 452 g/mol. The summed E-state index contributed by atoms with van der Waals surface area (Å²) >= 11 is 6.18. The largest absolute Gasteiger partial charge is 0.336 e. The number of hydrogen-bond donors (Lipinski definition) is 1. The third-order valence-corrected chi connectivity index (χ3v) is 9.13. The molecule has 3 rings (SSSR count). The number of piperazine rings is 1. The highest BCUT2D eigenvalue weighted by molar-refractivity contribution is 7.89. The van der Waals surface area contributed by atoms with Crippen LogP contribution < -0.4 is 4.72 Å². The molecule has 0 aromatic heterocycles. The lowest BCUT2D eigenvalue weighted by Gasteiger charge is -2.36. The maximum absolute atomic E-state index is 13.0. The Morgan fingerprint density at radius 2 is 1.53 bits per heavy atom. The van der Waals surface area contributed by atoms with Crippen molar-refractivity contribution in [3.05, 3.63) is 28.8 Å². The average Bonchev–Trinajstić information content (AvgIpc) is 3.22. The number of nitrogens with zero attached hydrogens (tertiary/aromatic N) is 3. The van der Waals surface area contributed by atoms with Gasteiger partial charge in [-0.25, -0.2) is 13.1 Å². The number of sulfonamides is 1. The fourth-order valence-electron chi connectivity index (χ4n) is 3.59. The Labute approximate surface area is 183 Å². The molecule has 0 unspecified atom stereocenters. The molecule has 2 heterocycles. The van der Waals surface area contributed by atoms with Crippen LogP contribution in [0.2, 0.25) is 5.02 Å². The molecule has 2 saturated heterocycles. The van der Waals surface area contributed by atoms with Gasteiger partial charge in [-0.2, -0.15) is 17.0 Å². The van der Waals surface area contributed by atoms with Gasteiger partial charge in [0.2, 0.25) is 10.0 Å². The van der Waals surface area contributed by atoms with Crippen molar-refractivity contribution >= 4 is 37.7 Å². The smallest absolute Gasteiger partial charge is 0.282 e. The molecule has 1 aromatic rings. The summed E-state index contributed by atoms with van der Waals surface area (Å²) in [6.07, 6.45) is 1.72. The monoisotopic (exact) mass is 478 g/mol. The summed E-state index contributed by atoms with van der Waals surface area (Å²) in [4.78, 5) is 14.4. The van der Waals surface area contributed by atoms with E-state index in [0.29, 0.717) is 13.1 Å². The van der Waals surface area contributed by atoms with E-state index in [0.717, 1.165) is 12.8 Å². The van der Waals surface area contributed by atoms with Crippen molar-refractivity contribution in [2.45, 2.75) is 37.6 Å². The zero-order valence-electron chi connectivity index (χ0n) is 17.0. The summed E-state index contributed by atoms with van der Waals surface area (Å²) < 4.78 is 55.6. The van der Waals surface area contributed by atoms with Gasteiger partial charge in [0, 0.05) is 45.3 Å². The lowest BCUT2D eigenvalue weighted by molar-refractivity contribution is 0.0694. The predicted octanol–water partition coefficient (Wildman–Crippen LogP) is 1.13. The lowest BCUT2D eigenvalue weighted by Crippen LogP contribution is -2.53. The summed E-state index contributed by atoms with van der Waals surface area (Å²) in [6.45, 7) is 5.27. The van der Waals surface area contributed by atoms with Crippen molar-refractivity contribution in [3.8, 4) is 0 Å². The first-order valence-corrected chi connectivity index (χ1v) is 13.1. The Kier molecular flexibility index (Phi) is 7.10. The van der Waals surface area contributed by atoms with Crippen LogP contribution in [0.25, 0.3) is 0 Å². The van der Waals surface area contributed by atoms with E-state index >= 15 is 0 Å². The summed E-state index contributed by atoms with van der Waals surface area (Å²) in [5.74, 6) is -0.417. The summed E-state index contributed by atoms with van der Waals surface area (Å²) in [7, 11) is -7.28. The van der Waals surface area contributed by atoms with Crippen LogP contribution in [0.15, 0.2) is 23.1 Å². The minimum atomic E-state index is -3.77. The average molecular weight is 479 g/mol. The topological polar surface area (TPSA) is 107 Å². The number of hydrogen-bond acceptors (Lipinski definition) is 5. The highest BCUT2D eigenvalue weighted by atomic mass is 35.5. The number of carbonyl (C=O) groups is 1. The van der Waals surface area contributed by atoms with E-state index in [1.165, 1.54) is 31.7 Å². The zero-order chi connectivity index (χ0) is 22.1. The highest BCUT2D eigenvalue weighted by Gasteiger charge is 2.35. The first-order valence-electron chi connectivity index (χ1n) is 9.89. The van der Waals surface area contributed by atoms with Crippen LogP contribution in [0.1, 0.15) is 37.0 Å². The standard InChI is InChI=1S/C18H27ClN4O5S2/c1-14(2)20-29(25,26)15-5-6-17(19)16(13-15)18(24)21-9-11-23(12-10-21)30(27,28)22-7-3-4-8-22/h5-6,13-14,20H,3-4,7-12H2,1-2H3. The summed E-state index contributed by atoms with van der Waals surface area (Å²) in [6, 6.07) is 3.71. The molecule has 1 N–H and O–H groups in total. The van der Waals surface area contributed by atoms with E-state index in [-0.39, 0.29) is 47.7 Å². The Bertz CT molecular complexity index is 999. The molecule has 0 bridgehead atoms. The highest BCUT2D eigenvalue weighted by Crippen LogP contribution is 2.24. The third-order valence-electron chi connectivity index (χ3n) is 5.11. The zero-order valence-corrected chi connectivity index (χ0v) is 19.4. The molecule has 2 aliphatic heterocycles.